The highest BCUT2D eigenvalue weighted by atomic mass is 32.1. The molecule has 2 aromatic heterocycles. The number of thiazole rings is 1. The minimum absolute atomic E-state index is 0.111. The van der Waals surface area contributed by atoms with Gasteiger partial charge in [-0.15, -0.1) is 0 Å². The Bertz CT molecular complexity index is 787. The van der Waals surface area contributed by atoms with Gasteiger partial charge in [0, 0.05) is 39.1 Å². The van der Waals surface area contributed by atoms with Crippen molar-refractivity contribution in [3.63, 3.8) is 0 Å². The first-order valence-corrected chi connectivity index (χ1v) is 9.08. The van der Waals surface area contributed by atoms with E-state index in [2.05, 4.69) is 20.3 Å². The lowest BCUT2D eigenvalue weighted by Crippen LogP contribution is -2.37. The Morgan fingerprint density at radius 2 is 2.08 bits per heavy atom. The lowest BCUT2D eigenvalue weighted by Gasteiger charge is -2.31. The van der Waals surface area contributed by atoms with Gasteiger partial charge in [-0.2, -0.15) is 0 Å². The molecule has 1 aliphatic rings. The first-order chi connectivity index (χ1) is 11.9. The molecule has 0 aromatic carbocycles. The summed E-state index contributed by atoms with van der Waals surface area (Å²) in [5, 5.41) is 3.26. The minimum Gasteiger partial charge on any atom is -0.342 e. The summed E-state index contributed by atoms with van der Waals surface area (Å²) in [4.78, 5) is 39.0. The van der Waals surface area contributed by atoms with Crippen LogP contribution in [0.1, 0.15) is 44.0 Å². The maximum Gasteiger partial charge on any atom is 0.223 e. The lowest BCUT2D eigenvalue weighted by atomic mass is 9.95. The van der Waals surface area contributed by atoms with E-state index in [0.717, 1.165) is 41.3 Å². The van der Waals surface area contributed by atoms with Crippen LogP contribution in [0.15, 0.2) is 12.4 Å². The van der Waals surface area contributed by atoms with E-state index in [9.17, 15) is 9.59 Å². The molecule has 0 bridgehead atoms. The highest BCUT2D eigenvalue weighted by molar-refractivity contribution is 7.19. The molecule has 1 atom stereocenters. The third kappa shape index (κ3) is 4.01. The number of aryl methyl sites for hydroxylation is 1. The van der Waals surface area contributed by atoms with E-state index in [1.165, 1.54) is 18.3 Å². The van der Waals surface area contributed by atoms with Gasteiger partial charge in [0.15, 0.2) is 5.13 Å². The molecule has 25 heavy (non-hydrogen) atoms. The van der Waals surface area contributed by atoms with Crippen LogP contribution < -0.4 is 5.32 Å². The molecule has 8 heteroatoms. The molecule has 1 N–H and O–H groups in total. The molecule has 0 saturated carbocycles. The zero-order valence-electron chi connectivity index (χ0n) is 14.6. The fraction of sp³-hybridized carbons (Fsp3) is 0.471. The Balaban J connectivity index is 1.77. The molecule has 1 fully saturated rings. The van der Waals surface area contributed by atoms with Gasteiger partial charge in [0.05, 0.1) is 22.5 Å². The van der Waals surface area contributed by atoms with Crippen molar-refractivity contribution in [3.8, 4) is 10.6 Å². The fourth-order valence-electron chi connectivity index (χ4n) is 3.01. The highest BCUT2D eigenvalue weighted by Crippen LogP contribution is 2.32. The van der Waals surface area contributed by atoms with Crippen molar-refractivity contribution in [1.82, 2.24) is 19.9 Å². The molecule has 2 amide bonds. The summed E-state index contributed by atoms with van der Waals surface area (Å²) in [7, 11) is 0. The predicted octanol–water partition coefficient (Wildman–Crippen LogP) is 2.59. The Labute approximate surface area is 150 Å². The van der Waals surface area contributed by atoms with Crippen LogP contribution in [0.25, 0.3) is 10.6 Å². The summed E-state index contributed by atoms with van der Waals surface area (Å²) in [6, 6.07) is 0. The largest absolute Gasteiger partial charge is 0.342 e. The fourth-order valence-corrected chi connectivity index (χ4v) is 3.98. The molecular weight excluding hydrogens is 338 g/mol. The molecular formula is C17H21N5O2S. The Kier molecular flexibility index (Phi) is 5.08. The van der Waals surface area contributed by atoms with Gasteiger partial charge >= 0.3 is 0 Å². The second-order valence-corrected chi connectivity index (χ2v) is 7.24. The van der Waals surface area contributed by atoms with Gasteiger partial charge in [0.2, 0.25) is 11.8 Å². The molecule has 3 heterocycles. The number of piperidine rings is 1. The molecule has 1 aliphatic heterocycles. The third-order valence-electron chi connectivity index (χ3n) is 4.27. The van der Waals surface area contributed by atoms with Crippen LogP contribution in [0, 0.1) is 6.92 Å². The SMILES string of the molecule is CC(=O)Nc1nc(C)c(-c2cnc([C@@H]3CCCN(C(C)=O)C3)cn2)s1. The van der Waals surface area contributed by atoms with Crippen molar-refractivity contribution < 1.29 is 9.59 Å². The average Bonchev–Trinajstić information content (AvgIpc) is 2.94. The van der Waals surface area contributed by atoms with Gasteiger partial charge < -0.3 is 10.2 Å². The summed E-state index contributed by atoms with van der Waals surface area (Å²) < 4.78 is 0. The quantitative estimate of drug-likeness (QED) is 0.910. The Morgan fingerprint density at radius 1 is 1.28 bits per heavy atom. The summed E-state index contributed by atoms with van der Waals surface area (Å²) in [6.45, 7) is 6.48. The number of hydrogen-bond donors (Lipinski definition) is 1. The number of nitrogens with zero attached hydrogens (tertiary/aromatic N) is 4. The summed E-state index contributed by atoms with van der Waals surface area (Å²) in [5.74, 6) is 0.200. The maximum atomic E-state index is 11.6. The van der Waals surface area contributed by atoms with Crippen molar-refractivity contribution in [3.05, 3.63) is 23.8 Å². The minimum atomic E-state index is -0.144. The van der Waals surface area contributed by atoms with Crippen molar-refractivity contribution >= 4 is 28.3 Å². The smallest absolute Gasteiger partial charge is 0.223 e. The van der Waals surface area contributed by atoms with Crippen LogP contribution in [-0.4, -0.2) is 44.8 Å². The van der Waals surface area contributed by atoms with Crippen LogP contribution in [-0.2, 0) is 9.59 Å². The first kappa shape index (κ1) is 17.5. The first-order valence-electron chi connectivity index (χ1n) is 8.27. The Morgan fingerprint density at radius 3 is 2.72 bits per heavy atom. The molecule has 0 aliphatic carbocycles. The van der Waals surface area contributed by atoms with Gasteiger partial charge in [-0.25, -0.2) is 4.98 Å². The van der Waals surface area contributed by atoms with Crippen LogP contribution in [0.4, 0.5) is 5.13 Å². The number of aromatic nitrogens is 3. The molecule has 0 spiro atoms. The molecule has 2 aromatic rings. The second kappa shape index (κ2) is 7.26. The van der Waals surface area contributed by atoms with Crippen LogP contribution in [0.2, 0.25) is 0 Å². The van der Waals surface area contributed by atoms with Gasteiger partial charge in [-0.3, -0.25) is 19.6 Å². The molecule has 1 saturated heterocycles. The number of carbonyl (C=O) groups is 2. The molecule has 0 unspecified atom stereocenters. The zero-order chi connectivity index (χ0) is 18.0. The van der Waals surface area contributed by atoms with E-state index in [-0.39, 0.29) is 17.7 Å². The normalized spacial score (nSPS) is 17.4. The lowest BCUT2D eigenvalue weighted by molar-refractivity contribution is -0.130. The number of rotatable bonds is 3. The molecule has 132 valence electrons. The summed E-state index contributed by atoms with van der Waals surface area (Å²) in [5.41, 5.74) is 2.48. The topological polar surface area (TPSA) is 88.1 Å². The molecule has 3 rings (SSSR count). The van der Waals surface area contributed by atoms with Crippen LogP contribution in [0.5, 0.6) is 0 Å². The predicted molar refractivity (Wildman–Crippen MR) is 96.4 cm³/mol. The highest BCUT2D eigenvalue weighted by Gasteiger charge is 2.24. The van der Waals surface area contributed by atoms with E-state index in [1.54, 1.807) is 19.3 Å². The van der Waals surface area contributed by atoms with E-state index < -0.39 is 0 Å². The number of nitrogens with one attached hydrogen (secondary N) is 1. The Hall–Kier alpha value is -2.35. The van der Waals surface area contributed by atoms with Gasteiger partial charge in [0.1, 0.15) is 5.69 Å². The van der Waals surface area contributed by atoms with E-state index >= 15 is 0 Å². The standard InChI is InChI=1S/C17H21N5O2S/c1-10-16(25-17(20-10)21-11(2)23)15-8-18-14(7-19-15)13-5-4-6-22(9-13)12(3)24/h7-8,13H,4-6,9H2,1-3H3,(H,20,21,23)/t13-/m1/s1. The summed E-state index contributed by atoms with van der Waals surface area (Å²) >= 11 is 1.39. The zero-order valence-corrected chi connectivity index (χ0v) is 15.4. The maximum absolute atomic E-state index is 11.6. The second-order valence-electron chi connectivity index (χ2n) is 6.25. The van der Waals surface area contributed by atoms with E-state index in [1.807, 2.05) is 11.8 Å². The van der Waals surface area contributed by atoms with Gasteiger partial charge in [-0.1, -0.05) is 11.3 Å². The third-order valence-corrected chi connectivity index (χ3v) is 5.36. The van der Waals surface area contributed by atoms with Crippen LogP contribution in [0.3, 0.4) is 0 Å². The number of likely N-dealkylation sites (tertiary alicyclic amines) is 1. The van der Waals surface area contributed by atoms with E-state index in [0.29, 0.717) is 11.7 Å². The average molecular weight is 359 g/mol. The number of carbonyl (C=O) groups excluding carboxylic acids is 2. The molecule has 0 radical (unpaired) electrons. The van der Waals surface area contributed by atoms with Gasteiger partial charge in [0.25, 0.3) is 0 Å². The number of amides is 2. The van der Waals surface area contributed by atoms with Crippen molar-refractivity contribution in [2.45, 2.75) is 39.5 Å². The van der Waals surface area contributed by atoms with Gasteiger partial charge in [-0.05, 0) is 19.8 Å². The van der Waals surface area contributed by atoms with Crippen molar-refractivity contribution in [2.75, 3.05) is 18.4 Å². The van der Waals surface area contributed by atoms with Crippen molar-refractivity contribution in [1.29, 1.82) is 0 Å². The molecule has 7 nitrogen and oxygen atoms in total. The monoisotopic (exact) mass is 359 g/mol. The summed E-state index contributed by atoms with van der Waals surface area (Å²) in [6.07, 6.45) is 5.55. The van der Waals surface area contributed by atoms with Crippen molar-refractivity contribution in [2.24, 2.45) is 0 Å². The number of anilines is 1. The number of hydrogen-bond acceptors (Lipinski definition) is 6. The van der Waals surface area contributed by atoms with Crippen LogP contribution >= 0.6 is 11.3 Å². The van der Waals surface area contributed by atoms with E-state index in [4.69, 9.17) is 0 Å².